The van der Waals surface area contributed by atoms with Gasteiger partial charge in [-0.3, -0.25) is 9.69 Å². The molecule has 1 heterocycles. The summed E-state index contributed by atoms with van der Waals surface area (Å²) in [5.41, 5.74) is 1.31. The number of carbonyl (C=O) groups excluding carboxylic acids is 1. The van der Waals surface area contributed by atoms with E-state index in [1.54, 1.807) is 0 Å². The van der Waals surface area contributed by atoms with Gasteiger partial charge in [-0.1, -0.05) is 42.5 Å². The van der Waals surface area contributed by atoms with Crippen LogP contribution in [-0.4, -0.2) is 23.9 Å². The first kappa shape index (κ1) is 19.4. The van der Waals surface area contributed by atoms with Crippen molar-refractivity contribution >= 4 is 5.91 Å². The first-order valence-electron chi connectivity index (χ1n) is 9.12. The van der Waals surface area contributed by atoms with Crippen molar-refractivity contribution in [2.75, 3.05) is 13.1 Å². The number of nitrogens with one attached hydrogen (secondary N) is 1. The molecule has 0 radical (unpaired) electrons. The Hall–Kier alpha value is -2.34. The van der Waals surface area contributed by atoms with Gasteiger partial charge >= 0.3 is 6.18 Å². The molecule has 0 saturated carbocycles. The number of nitrogens with zero attached hydrogens (tertiary/aromatic N) is 1. The number of hydrogen-bond acceptors (Lipinski definition) is 2. The second-order valence-electron chi connectivity index (χ2n) is 6.95. The molecule has 0 spiro atoms. The summed E-state index contributed by atoms with van der Waals surface area (Å²) in [5, 5.41) is 2.99. The van der Waals surface area contributed by atoms with Crippen LogP contribution in [0.2, 0.25) is 0 Å². The van der Waals surface area contributed by atoms with Gasteiger partial charge in [-0.15, -0.1) is 0 Å². The highest BCUT2D eigenvalue weighted by atomic mass is 19.4. The molecule has 2 aromatic rings. The lowest BCUT2D eigenvalue weighted by molar-refractivity contribution is -0.137. The van der Waals surface area contributed by atoms with Crippen LogP contribution in [0.4, 0.5) is 13.2 Å². The average molecular weight is 376 g/mol. The van der Waals surface area contributed by atoms with Gasteiger partial charge in [-0.25, -0.2) is 0 Å². The number of amides is 1. The Morgan fingerprint density at radius 2 is 1.59 bits per heavy atom. The molecule has 1 aliphatic heterocycles. The first-order valence-corrected chi connectivity index (χ1v) is 9.12. The monoisotopic (exact) mass is 376 g/mol. The van der Waals surface area contributed by atoms with E-state index in [-0.39, 0.29) is 11.8 Å². The Bertz CT molecular complexity index is 736. The Kier molecular flexibility index (Phi) is 6.16. The molecule has 1 amide bonds. The minimum Gasteiger partial charge on any atom is -0.352 e. The topological polar surface area (TPSA) is 32.3 Å². The zero-order chi connectivity index (χ0) is 19.3. The molecule has 3 rings (SSSR count). The fourth-order valence-corrected chi connectivity index (χ4v) is 3.34. The van der Waals surface area contributed by atoms with Crippen molar-refractivity contribution in [2.45, 2.75) is 32.1 Å². The van der Waals surface area contributed by atoms with E-state index in [4.69, 9.17) is 0 Å². The van der Waals surface area contributed by atoms with Crippen LogP contribution < -0.4 is 5.32 Å². The van der Waals surface area contributed by atoms with Crippen LogP contribution >= 0.6 is 0 Å². The minimum atomic E-state index is -4.30. The molecule has 3 nitrogen and oxygen atoms in total. The zero-order valence-corrected chi connectivity index (χ0v) is 15.0. The molecule has 0 aliphatic carbocycles. The summed E-state index contributed by atoms with van der Waals surface area (Å²) in [5.74, 6) is 0.0746. The van der Waals surface area contributed by atoms with E-state index in [0.717, 1.165) is 49.2 Å². The molecule has 0 aromatic heterocycles. The molecule has 144 valence electrons. The van der Waals surface area contributed by atoms with Crippen molar-refractivity contribution in [2.24, 2.45) is 5.92 Å². The third kappa shape index (κ3) is 5.57. The molecular weight excluding hydrogens is 353 g/mol. The summed E-state index contributed by atoms with van der Waals surface area (Å²) in [6.45, 7) is 2.68. The molecule has 1 fully saturated rings. The smallest absolute Gasteiger partial charge is 0.352 e. The highest BCUT2D eigenvalue weighted by molar-refractivity contribution is 5.78. The van der Waals surface area contributed by atoms with Gasteiger partial charge in [0.15, 0.2) is 0 Å². The second-order valence-corrected chi connectivity index (χ2v) is 6.95. The molecule has 1 aliphatic rings. The van der Waals surface area contributed by atoms with Gasteiger partial charge in [0.05, 0.1) is 5.56 Å². The van der Waals surface area contributed by atoms with Crippen molar-refractivity contribution in [1.82, 2.24) is 10.2 Å². The van der Waals surface area contributed by atoms with E-state index < -0.39 is 11.7 Å². The van der Waals surface area contributed by atoms with Crippen LogP contribution in [0.1, 0.15) is 29.5 Å². The number of benzene rings is 2. The summed E-state index contributed by atoms with van der Waals surface area (Å²) in [6.07, 6.45) is -2.77. The van der Waals surface area contributed by atoms with E-state index in [2.05, 4.69) is 10.2 Å². The molecule has 6 heteroatoms. The van der Waals surface area contributed by atoms with Crippen LogP contribution in [0.5, 0.6) is 0 Å². The van der Waals surface area contributed by atoms with Gasteiger partial charge in [0.1, 0.15) is 0 Å². The largest absolute Gasteiger partial charge is 0.416 e. The van der Waals surface area contributed by atoms with Crippen LogP contribution in [0.15, 0.2) is 54.6 Å². The second kappa shape index (κ2) is 8.57. The van der Waals surface area contributed by atoms with E-state index in [0.29, 0.717) is 13.1 Å². The molecule has 1 N–H and O–H groups in total. The Balaban J connectivity index is 1.44. The number of carbonyl (C=O) groups is 1. The molecular formula is C21H23F3N2O. The third-order valence-electron chi connectivity index (χ3n) is 4.96. The van der Waals surface area contributed by atoms with E-state index in [9.17, 15) is 18.0 Å². The predicted molar refractivity (Wildman–Crippen MR) is 97.7 cm³/mol. The average Bonchev–Trinajstić information content (AvgIpc) is 2.67. The van der Waals surface area contributed by atoms with Gasteiger partial charge in [-0.05, 0) is 49.2 Å². The summed E-state index contributed by atoms with van der Waals surface area (Å²) in [6, 6.07) is 15.1. The fourth-order valence-electron chi connectivity index (χ4n) is 3.34. The standard InChI is InChI=1S/C21H23F3N2O/c22-21(23,24)19-8-6-17(7-9-19)15-26-12-10-18(11-13-26)20(27)25-14-16-4-2-1-3-5-16/h1-9,18H,10-15H2,(H,25,27). The predicted octanol–water partition coefficient (Wildman–Crippen LogP) is 4.23. The summed E-state index contributed by atoms with van der Waals surface area (Å²) >= 11 is 0. The molecule has 0 unspecified atom stereocenters. The highest BCUT2D eigenvalue weighted by Gasteiger charge is 2.30. The number of halogens is 3. The van der Waals surface area contributed by atoms with E-state index in [1.807, 2.05) is 30.3 Å². The van der Waals surface area contributed by atoms with Gasteiger partial charge in [-0.2, -0.15) is 13.2 Å². The Morgan fingerprint density at radius 1 is 0.963 bits per heavy atom. The molecule has 2 aromatic carbocycles. The SMILES string of the molecule is O=C(NCc1ccccc1)C1CCN(Cc2ccc(C(F)(F)F)cc2)CC1. The number of piperidine rings is 1. The number of rotatable bonds is 5. The maximum absolute atomic E-state index is 12.6. The van der Waals surface area contributed by atoms with Gasteiger partial charge in [0.25, 0.3) is 0 Å². The number of hydrogen-bond donors (Lipinski definition) is 1. The highest BCUT2D eigenvalue weighted by Crippen LogP contribution is 2.29. The summed E-state index contributed by atoms with van der Waals surface area (Å²) in [7, 11) is 0. The maximum Gasteiger partial charge on any atom is 0.416 e. The fraction of sp³-hybridized carbons (Fsp3) is 0.381. The van der Waals surface area contributed by atoms with Crippen LogP contribution in [0, 0.1) is 5.92 Å². The van der Waals surface area contributed by atoms with Gasteiger partial charge in [0, 0.05) is 19.0 Å². The molecule has 0 bridgehead atoms. The van der Waals surface area contributed by atoms with Crippen molar-refractivity contribution in [3.8, 4) is 0 Å². The molecule has 0 atom stereocenters. The van der Waals surface area contributed by atoms with E-state index >= 15 is 0 Å². The summed E-state index contributed by atoms with van der Waals surface area (Å²) in [4.78, 5) is 14.5. The van der Waals surface area contributed by atoms with Crippen LogP contribution in [0.3, 0.4) is 0 Å². The van der Waals surface area contributed by atoms with Gasteiger partial charge < -0.3 is 5.32 Å². The van der Waals surface area contributed by atoms with Gasteiger partial charge in [0.2, 0.25) is 5.91 Å². The Labute approximate surface area is 157 Å². The zero-order valence-electron chi connectivity index (χ0n) is 15.0. The quantitative estimate of drug-likeness (QED) is 0.847. The maximum atomic E-state index is 12.6. The lowest BCUT2D eigenvalue weighted by Crippen LogP contribution is -2.40. The number of alkyl halides is 3. The van der Waals surface area contributed by atoms with Crippen molar-refractivity contribution < 1.29 is 18.0 Å². The minimum absolute atomic E-state index is 0.00225. The Morgan fingerprint density at radius 3 is 2.19 bits per heavy atom. The van der Waals surface area contributed by atoms with E-state index in [1.165, 1.54) is 12.1 Å². The van der Waals surface area contributed by atoms with Crippen molar-refractivity contribution in [1.29, 1.82) is 0 Å². The molecule has 1 saturated heterocycles. The lowest BCUT2D eigenvalue weighted by Gasteiger charge is -2.31. The molecule has 27 heavy (non-hydrogen) atoms. The third-order valence-corrected chi connectivity index (χ3v) is 4.96. The van der Waals surface area contributed by atoms with Crippen LogP contribution in [-0.2, 0) is 24.1 Å². The summed E-state index contributed by atoms with van der Waals surface area (Å²) < 4.78 is 37.9. The van der Waals surface area contributed by atoms with Crippen LogP contribution in [0.25, 0.3) is 0 Å². The number of likely N-dealkylation sites (tertiary alicyclic amines) is 1. The van der Waals surface area contributed by atoms with Crippen molar-refractivity contribution in [3.05, 3.63) is 71.3 Å². The normalized spacial score (nSPS) is 16.3. The first-order chi connectivity index (χ1) is 12.9. The van der Waals surface area contributed by atoms with Crippen molar-refractivity contribution in [3.63, 3.8) is 0 Å². The lowest BCUT2D eigenvalue weighted by atomic mass is 9.95.